The molecule has 1 fully saturated rings. The van der Waals surface area contributed by atoms with E-state index in [1.807, 2.05) is 11.4 Å². The summed E-state index contributed by atoms with van der Waals surface area (Å²) in [6.07, 6.45) is 0. The van der Waals surface area contributed by atoms with Gasteiger partial charge in [0, 0.05) is 12.6 Å². The van der Waals surface area contributed by atoms with E-state index in [1.54, 1.807) is 0 Å². The first-order valence-corrected chi connectivity index (χ1v) is 7.30. The monoisotopic (exact) mass is 251 g/mol. The molecular weight excluding hydrogens is 242 g/mol. The predicted molar refractivity (Wildman–Crippen MR) is 58.6 cm³/mol. The molecule has 0 radical (unpaired) electrons. The molecule has 1 aromatic heterocycles. The molecule has 1 saturated heterocycles. The zero-order valence-corrected chi connectivity index (χ0v) is 9.75. The highest BCUT2D eigenvalue weighted by Crippen LogP contribution is 2.23. The Balaban J connectivity index is 1.82. The molecule has 0 spiro atoms. The van der Waals surface area contributed by atoms with Gasteiger partial charge in [0.05, 0.1) is 15.8 Å². The third-order valence-corrected chi connectivity index (χ3v) is 5.26. The molecule has 2 rings (SSSR count). The number of hydrogen-bond acceptors (Lipinski definition) is 4. The molecule has 3 nitrogen and oxygen atoms in total. The van der Waals surface area contributed by atoms with Gasteiger partial charge in [-0.3, -0.25) is 0 Å². The van der Waals surface area contributed by atoms with E-state index < -0.39 is 9.84 Å². The summed E-state index contributed by atoms with van der Waals surface area (Å²) in [6, 6.07) is 2.06. The van der Waals surface area contributed by atoms with Gasteiger partial charge in [-0.2, -0.15) is 0 Å². The largest absolute Gasteiger partial charge is 0.308 e. The Kier molecular flexibility index (Phi) is 2.83. The minimum absolute atomic E-state index is 0.107. The molecule has 2 heterocycles. The lowest BCUT2D eigenvalue weighted by atomic mass is 10.3. The van der Waals surface area contributed by atoms with E-state index in [4.69, 9.17) is 11.6 Å². The van der Waals surface area contributed by atoms with Crippen LogP contribution in [0.1, 0.15) is 5.56 Å². The van der Waals surface area contributed by atoms with Gasteiger partial charge in [-0.25, -0.2) is 8.42 Å². The van der Waals surface area contributed by atoms with Crippen molar-refractivity contribution in [1.29, 1.82) is 0 Å². The fourth-order valence-corrected chi connectivity index (χ4v) is 3.67. The zero-order valence-electron chi connectivity index (χ0n) is 7.36. The fraction of sp³-hybridized carbons (Fsp3) is 0.500. The summed E-state index contributed by atoms with van der Waals surface area (Å²) in [6.45, 7) is 0.655. The van der Waals surface area contributed by atoms with Crippen molar-refractivity contribution in [3.8, 4) is 0 Å². The molecule has 0 aliphatic carbocycles. The van der Waals surface area contributed by atoms with E-state index in [0.29, 0.717) is 6.54 Å². The number of thiophene rings is 1. The van der Waals surface area contributed by atoms with Gasteiger partial charge in [-0.05, 0) is 17.0 Å². The predicted octanol–water partition coefficient (Wildman–Crippen LogP) is 1.29. The Morgan fingerprint density at radius 3 is 2.79 bits per heavy atom. The molecule has 0 unspecified atom stereocenters. The molecule has 1 N–H and O–H groups in total. The summed E-state index contributed by atoms with van der Waals surface area (Å²) in [7, 11) is -2.72. The minimum atomic E-state index is -2.72. The Morgan fingerprint density at radius 1 is 1.57 bits per heavy atom. The summed E-state index contributed by atoms with van der Waals surface area (Å²) >= 11 is 7.39. The molecule has 0 amide bonds. The molecule has 1 aliphatic rings. The molecular formula is C8H10ClNO2S2. The van der Waals surface area contributed by atoms with Gasteiger partial charge in [0.25, 0.3) is 0 Å². The van der Waals surface area contributed by atoms with Crippen LogP contribution in [-0.4, -0.2) is 26.0 Å². The second-order valence-electron chi connectivity index (χ2n) is 3.37. The van der Waals surface area contributed by atoms with E-state index in [0.717, 1.165) is 9.90 Å². The average Bonchev–Trinajstić information content (AvgIpc) is 2.44. The lowest BCUT2D eigenvalue weighted by Crippen LogP contribution is -2.50. The number of sulfone groups is 1. The van der Waals surface area contributed by atoms with Crippen LogP contribution in [0.15, 0.2) is 11.4 Å². The van der Waals surface area contributed by atoms with Crippen LogP contribution >= 0.6 is 22.9 Å². The molecule has 14 heavy (non-hydrogen) atoms. The van der Waals surface area contributed by atoms with Crippen molar-refractivity contribution in [2.24, 2.45) is 0 Å². The van der Waals surface area contributed by atoms with Crippen LogP contribution in [0.4, 0.5) is 0 Å². The molecule has 0 saturated carbocycles. The summed E-state index contributed by atoms with van der Waals surface area (Å²) in [4.78, 5) is 0. The van der Waals surface area contributed by atoms with Crippen LogP contribution in [-0.2, 0) is 16.4 Å². The van der Waals surface area contributed by atoms with E-state index in [1.165, 1.54) is 11.3 Å². The molecule has 6 heteroatoms. The first-order valence-electron chi connectivity index (χ1n) is 4.22. The van der Waals surface area contributed by atoms with Crippen molar-refractivity contribution in [3.05, 3.63) is 21.3 Å². The first-order chi connectivity index (χ1) is 6.57. The summed E-state index contributed by atoms with van der Waals surface area (Å²) in [5, 5.41) is 5.09. The normalized spacial score (nSPS) is 20.6. The van der Waals surface area contributed by atoms with E-state index in [9.17, 15) is 8.42 Å². The summed E-state index contributed by atoms with van der Waals surface area (Å²) < 4.78 is 22.5. The van der Waals surface area contributed by atoms with Crippen LogP contribution in [0.3, 0.4) is 0 Å². The van der Waals surface area contributed by atoms with Crippen LogP contribution < -0.4 is 5.32 Å². The number of nitrogens with one attached hydrogen (secondary N) is 1. The molecule has 1 aromatic rings. The average molecular weight is 252 g/mol. The Labute approximate surface area is 92.0 Å². The van der Waals surface area contributed by atoms with Crippen LogP contribution in [0.25, 0.3) is 0 Å². The van der Waals surface area contributed by atoms with Crippen LogP contribution in [0.5, 0.6) is 0 Å². The third-order valence-electron chi connectivity index (χ3n) is 2.18. The van der Waals surface area contributed by atoms with E-state index >= 15 is 0 Å². The van der Waals surface area contributed by atoms with Crippen molar-refractivity contribution >= 4 is 32.8 Å². The highest BCUT2D eigenvalue weighted by Gasteiger charge is 2.32. The Hall–Kier alpha value is -0.100. The minimum Gasteiger partial charge on any atom is -0.308 e. The van der Waals surface area contributed by atoms with Gasteiger partial charge in [0.15, 0.2) is 9.84 Å². The molecule has 1 aliphatic heterocycles. The lowest BCUT2D eigenvalue weighted by Gasteiger charge is -2.26. The third kappa shape index (κ3) is 2.28. The topological polar surface area (TPSA) is 46.2 Å². The molecule has 0 aromatic carbocycles. The summed E-state index contributed by atoms with van der Waals surface area (Å²) in [5.74, 6) is 0.517. The summed E-state index contributed by atoms with van der Waals surface area (Å²) in [5.41, 5.74) is 1.04. The fourth-order valence-electron chi connectivity index (χ4n) is 1.38. The van der Waals surface area contributed by atoms with Crippen LogP contribution in [0, 0.1) is 0 Å². The van der Waals surface area contributed by atoms with Gasteiger partial charge in [0.1, 0.15) is 0 Å². The maximum Gasteiger partial charge on any atom is 0.153 e. The van der Waals surface area contributed by atoms with E-state index in [2.05, 4.69) is 5.32 Å². The van der Waals surface area contributed by atoms with Crippen LogP contribution in [0.2, 0.25) is 4.34 Å². The van der Waals surface area contributed by atoms with E-state index in [-0.39, 0.29) is 17.5 Å². The highest BCUT2D eigenvalue weighted by molar-refractivity contribution is 7.92. The van der Waals surface area contributed by atoms with Crippen molar-refractivity contribution in [2.45, 2.75) is 12.6 Å². The second-order valence-corrected chi connectivity index (χ2v) is 7.05. The van der Waals surface area contributed by atoms with Gasteiger partial charge < -0.3 is 5.32 Å². The standard InChI is InChI=1S/C8H10ClNO2S2/c9-8-6(1-2-13-8)3-10-7-4-14(11,12)5-7/h1-2,7,10H,3-5H2. The quantitative estimate of drug-likeness (QED) is 0.881. The highest BCUT2D eigenvalue weighted by atomic mass is 35.5. The maximum absolute atomic E-state index is 10.9. The Bertz CT molecular complexity index is 414. The van der Waals surface area contributed by atoms with Crippen molar-refractivity contribution in [2.75, 3.05) is 11.5 Å². The Morgan fingerprint density at radius 2 is 2.29 bits per heavy atom. The van der Waals surface area contributed by atoms with Crippen molar-refractivity contribution < 1.29 is 8.42 Å². The number of halogens is 1. The molecule has 0 bridgehead atoms. The van der Waals surface area contributed by atoms with Gasteiger partial charge in [-0.15, -0.1) is 11.3 Å². The van der Waals surface area contributed by atoms with Gasteiger partial charge in [-0.1, -0.05) is 11.6 Å². The maximum atomic E-state index is 10.9. The smallest absolute Gasteiger partial charge is 0.153 e. The van der Waals surface area contributed by atoms with Crippen molar-refractivity contribution in [1.82, 2.24) is 5.32 Å². The zero-order chi connectivity index (χ0) is 10.2. The lowest BCUT2D eigenvalue weighted by molar-refractivity contribution is 0.512. The molecule has 78 valence electrons. The van der Waals surface area contributed by atoms with Gasteiger partial charge in [0.2, 0.25) is 0 Å². The second kappa shape index (κ2) is 3.81. The van der Waals surface area contributed by atoms with Gasteiger partial charge >= 0.3 is 0 Å². The number of rotatable bonds is 3. The van der Waals surface area contributed by atoms with Crippen molar-refractivity contribution in [3.63, 3.8) is 0 Å². The SMILES string of the molecule is O=S1(=O)CC(NCc2ccsc2Cl)C1. The molecule has 0 atom stereocenters. The first kappa shape index (κ1) is 10.4. The number of hydrogen-bond donors (Lipinski definition) is 1.